The van der Waals surface area contributed by atoms with Gasteiger partial charge in [-0.2, -0.15) is 5.10 Å². The van der Waals surface area contributed by atoms with E-state index in [0.717, 1.165) is 6.07 Å². The molecule has 0 fully saturated rings. The number of hydrogen-bond acceptors (Lipinski definition) is 11. The molecule has 3 aromatic heterocycles. The summed E-state index contributed by atoms with van der Waals surface area (Å²) in [6, 6.07) is 8.47. The Hall–Kier alpha value is -5.15. The highest BCUT2D eigenvalue weighted by molar-refractivity contribution is 6.60. The molecule has 0 unspecified atom stereocenters. The van der Waals surface area contributed by atoms with Crippen LogP contribution in [0.1, 0.15) is 27.9 Å². The Morgan fingerprint density at radius 1 is 1.00 bits per heavy atom. The predicted molar refractivity (Wildman–Crippen MR) is 162 cm³/mol. The number of halogens is 1. The van der Waals surface area contributed by atoms with Crippen molar-refractivity contribution in [1.29, 1.82) is 0 Å². The summed E-state index contributed by atoms with van der Waals surface area (Å²) in [6.07, 6.45) is 0. The van der Waals surface area contributed by atoms with Gasteiger partial charge in [0, 0.05) is 44.9 Å². The standard InChI is InChI=1S/C26H26B3FN10O4/c1-6-44-21-8-7-19(34-36-21)32-20-12-16(22(37-35-20)24(41)33-26(27,28)29)31-17-10-13(30)9-14(23(17)43-5)15-11-18(40(4)38-15)25(42)39(2)3/h7-12H,6H2,1-5H3,(H,33,41)(H2,31,32,34,35). The van der Waals surface area contributed by atoms with Crippen molar-refractivity contribution in [2.75, 3.05) is 38.4 Å². The summed E-state index contributed by atoms with van der Waals surface area (Å²) in [5.41, 5.74) is 0.584. The van der Waals surface area contributed by atoms with Crippen LogP contribution in [0.4, 0.5) is 27.4 Å². The molecule has 0 saturated carbocycles. The molecule has 0 spiro atoms. The monoisotopic (exact) mass is 594 g/mol. The van der Waals surface area contributed by atoms with Crippen LogP contribution >= 0.6 is 0 Å². The molecule has 14 nitrogen and oxygen atoms in total. The quantitative estimate of drug-likeness (QED) is 0.215. The number of nitrogens with zero attached hydrogens (tertiary/aromatic N) is 7. The minimum Gasteiger partial charge on any atom is -0.494 e. The summed E-state index contributed by atoms with van der Waals surface area (Å²) in [4.78, 5) is 27.0. The first-order valence-corrected chi connectivity index (χ1v) is 13.0. The van der Waals surface area contributed by atoms with E-state index in [4.69, 9.17) is 33.0 Å². The van der Waals surface area contributed by atoms with Gasteiger partial charge in [0.1, 0.15) is 11.5 Å². The number of carbonyl (C=O) groups is 2. The van der Waals surface area contributed by atoms with Gasteiger partial charge in [-0.1, -0.05) is 5.24 Å². The van der Waals surface area contributed by atoms with Crippen molar-refractivity contribution < 1.29 is 23.5 Å². The molecular formula is C26H26B3FN10O4. The first-order valence-electron chi connectivity index (χ1n) is 13.0. The van der Waals surface area contributed by atoms with Gasteiger partial charge in [0.15, 0.2) is 23.1 Å². The Labute approximate surface area is 256 Å². The minimum absolute atomic E-state index is 0.0301. The number of carbonyl (C=O) groups excluding carboxylic acids is 2. The Balaban J connectivity index is 1.77. The lowest BCUT2D eigenvalue weighted by atomic mass is 9.49. The van der Waals surface area contributed by atoms with E-state index >= 15 is 4.39 Å². The average Bonchev–Trinajstić information content (AvgIpc) is 3.34. The van der Waals surface area contributed by atoms with E-state index in [2.05, 4.69) is 41.4 Å². The molecule has 3 N–H and O–H groups in total. The first kappa shape index (κ1) is 31.8. The highest BCUT2D eigenvalue weighted by Gasteiger charge is 2.24. The van der Waals surface area contributed by atoms with Crippen molar-refractivity contribution in [2.24, 2.45) is 7.05 Å². The third kappa shape index (κ3) is 7.43. The molecule has 0 aliphatic heterocycles. The molecule has 1 aromatic carbocycles. The third-order valence-electron chi connectivity index (χ3n) is 5.84. The van der Waals surface area contributed by atoms with Crippen LogP contribution in [-0.2, 0) is 7.05 Å². The molecule has 4 aromatic rings. The van der Waals surface area contributed by atoms with Crippen LogP contribution in [0.3, 0.4) is 0 Å². The number of hydrogen-bond donors (Lipinski definition) is 3. The summed E-state index contributed by atoms with van der Waals surface area (Å²) in [7, 11) is 22.8. The Kier molecular flexibility index (Phi) is 9.40. The van der Waals surface area contributed by atoms with E-state index in [1.54, 1.807) is 33.3 Å². The molecule has 6 radical (unpaired) electrons. The summed E-state index contributed by atoms with van der Waals surface area (Å²) in [5.74, 6) is -0.954. The van der Waals surface area contributed by atoms with Crippen molar-refractivity contribution in [3.8, 4) is 22.9 Å². The van der Waals surface area contributed by atoms with E-state index in [0.29, 0.717) is 18.3 Å². The molecule has 0 aliphatic carbocycles. The fourth-order valence-corrected chi connectivity index (χ4v) is 3.98. The molecule has 0 bridgehead atoms. The summed E-state index contributed by atoms with van der Waals surface area (Å²) >= 11 is 0. The molecule has 3 heterocycles. The fraction of sp³-hybridized carbons (Fsp3) is 0.269. The van der Waals surface area contributed by atoms with Crippen LogP contribution < -0.4 is 25.4 Å². The van der Waals surface area contributed by atoms with Crippen LogP contribution in [0.15, 0.2) is 36.4 Å². The maximum Gasteiger partial charge on any atom is 0.272 e. The van der Waals surface area contributed by atoms with Crippen molar-refractivity contribution >= 4 is 58.4 Å². The minimum atomic E-state index is -2.07. The number of benzene rings is 1. The van der Waals surface area contributed by atoms with Gasteiger partial charge < -0.3 is 30.3 Å². The van der Waals surface area contributed by atoms with Crippen molar-refractivity contribution in [3.63, 3.8) is 0 Å². The number of rotatable bonds is 11. The number of methoxy groups -OCH3 is 1. The fourth-order valence-electron chi connectivity index (χ4n) is 3.98. The average molecular weight is 594 g/mol. The van der Waals surface area contributed by atoms with Gasteiger partial charge in [-0.05, 0) is 25.1 Å². The van der Waals surface area contributed by atoms with E-state index in [9.17, 15) is 9.59 Å². The van der Waals surface area contributed by atoms with Gasteiger partial charge in [0.25, 0.3) is 11.8 Å². The normalized spacial score (nSPS) is 11.0. The van der Waals surface area contributed by atoms with Crippen LogP contribution in [0, 0.1) is 5.82 Å². The molecular weight excluding hydrogens is 568 g/mol. The second-order valence-corrected chi connectivity index (χ2v) is 9.59. The zero-order valence-electron chi connectivity index (χ0n) is 24.5. The van der Waals surface area contributed by atoms with Crippen LogP contribution in [0.2, 0.25) is 0 Å². The first-order chi connectivity index (χ1) is 20.8. The molecule has 220 valence electrons. The third-order valence-corrected chi connectivity index (χ3v) is 5.84. The second kappa shape index (κ2) is 13.0. The zero-order valence-corrected chi connectivity index (χ0v) is 24.5. The molecule has 4 rings (SSSR count). The maximum atomic E-state index is 15.1. The largest absolute Gasteiger partial charge is 0.494 e. The maximum absolute atomic E-state index is 15.1. The Bertz CT molecular complexity index is 1680. The second-order valence-electron chi connectivity index (χ2n) is 9.59. The summed E-state index contributed by atoms with van der Waals surface area (Å²) in [6.45, 7) is 2.23. The van der Waals surface area contributed by atoms with Gasteiger partial charge in [-0.15, -0.1) is 20.4 Å². The van der Waals surface area contributed by atoms with Gasteiger partial charge in [-0.3, -0.25) is 14.3 Å². The number of ether oxygens (including phenoxy) is 2. The highest BCUT2D eigenvalue weighted by Crippen LogP contribution is 2.39. The molecule has 18 heteroatoms. The van der Waals surface area contributed by atoms with E-state index in [-0.39, 0.29) is 51.5 Å². The van der Waals surface area contributed by atoms with E-state index < -0.39 is 17.0 Å². The topological polar surface area (TPSA) is 161 Å². The number of nitrogens with one attached hydrogen (secondary N) is 3. The zero-order chi connectivity index (χ0) is 32.2. The lowest BCUT2D eigenvalue weighted by Gasteiger charge is -2.23. The van der Waals surface area contributed by atoms with E-state index in [1.165, 1.54) is 34.9 Å². The Morgan fingerprint density at radius 3 is 2.34 bits per heavy atom. The SMILES string of the molecule is [B]C([B])([B])NC(=O)c1nnc(Nc2ccc(OCC)nn2)cc1Nc1cc(F)cc(-c2cc(C(=O)N(C)C)n(C)n2)c1OC. The summed E-state index contributed by atoms with van der Waals surface area (Å²) in [5, 5.41) is 26.4. The smallest absolute Gasteiger partial charge is 0.272 e. The van der Waals surface area contributed by atoms with Crippen molar-refractivity contribution in [2.45, 2.75) is 12.2 Å². The molecule has 2 amide bonds. The van der Waals surface area contributed by atoms with Crippen LogP contribution in [-0.4, -0.2) is 103 Å². The lowest BCUT2D eigenvalue weighted by molar-refractivity contribution is 0.0816. The van der Waals surface area contributed by atoms with Crippen molar-refractivity contribution in [1.82, 2.24) is 40.4 Å². The number of aryl methyl sites for hydroxylation is 1. The van der Waals surface area contributed by atoms with Gasteiger partial charge in [-0.25, -0.2) is 4.39 Å². The molecule has 0 atom stereocenters. The van der Waals surface area contributed by atoms with Gasteiger partial charge in [0.2, 0.25) is 5.88 Å². The number of anilines is 4. The summed E-state index contributed by atoms with van der Waals surface area (Å²) < 4.78 is 27.4. The van der Waals surface area contributed by atoms with Crippen molar-refractivity contribution in [3.05, 3.63) is 53.6 Å². The molecule has 0 aliphatic rings. The Morgan fingerprint density at radius 2 is 1.73 bits per heavy atom. The van der Waals surface area contributed by atoms with Gasteiger partial charge >= 0.3 is 0 Å². The number of amides is 2. The predicted octanol–water partition coefficient (Wildman–Crippen LogP) is 1.25. The molecule has 44 heavy (non-hydrogen) atoms. The van der Waals surface area contributed by atoms with Gasteiger partial charge in [0.05, 0.1) is 54.3 Å². The lowest BCUT2D eigenvalue weighted by Crippen LogP contribution is -2.50. The highest BCUT2D eigenvalue weighted by atomic mass is 19.1. The molecule has 0 saturated heterocycles. The number of aromatic nitrogens is 6. The van der Waals surface area contributed by atoms with E-state index in [1.807, 2.05) is 6.92 Å². The van der Waals surface area contributed by atoms with Crippen LogP contribution in [0.5, 0.6) is 11.6 Å². The van der Waals surface area contributed by atoms with Crippen LogP contribution in [0.25, 0.3) is 11.3 Å².